The maximum absolute atomic E-state index is 11.1. The summed E-state index contributed by atoms with van der Waals surface area (Å²) >= 11 is 0. The van der Waals surface area contributed by atoms with Crippen LogP contribution in [-0.4, -0.2) is 41.4 Å². The third-order valence-electron chi connectivity index (χ3n) is 1.94. The standard InChI is InChI=1S/C8H15NO3/c1-3-4-9-5-7(6(2)10)12-8(9)11/h6-7,10H,3-5H2,1-2H3. The lowest BCUT2D eigenvalue weighted by atomic mass is 10.2. The van der Waals surface area contributed by atoms with Crippen molar-refractivity contribution in [1.82, 2.24) is 4.90 Å². The molecule has 0 spiro atoms. The molecule has 1 heterocycles. The molecule has 1 fully saturated rings. The Hall–Kier alpha value is -0.770. The van der Waals surface area contributed by atoms with Gasteiger partial charge in [-0.3, -0.25) is 0 Å². The highest BCUT2D eigenvalue weighted by molar-refractivity contribution is 5.69. The van der Waals surface area contributed by atoms with E-state index in [1.54, 1.807) is 11.8 Å². The van der Waals surface area contributed by atoms with Crippen LogP contribution in [0.25, 0.3) is 0 Å². The Morgan fingerprint density at radius 3 is 2.92 bits per heavy atom. The van der Waals surface area contributed by atoms with Crippen LogP contribution >= 0.6 is 0 Å². The van der Waals surface area contributed by atoms with Gasteiger partial charge in [-0.15, -0.1) is 0 Å². The van der Waals surface area contributed by atoms with Gasteiger partial charge in [0.05, 0.1) is 12.6 Å². The number of rotatable bonds is 3. The van der Waals surface area contributed by atoms with E-state index in [4.69, 9.17) is 9.84 Å². The predicted octanol–water partition coefficient (Wildman–Crippen LogP) is 0.598. The van der Waals surface area contributed by atoms with E-state index in [9.17, 15) is 4.79 Å². The van der Waals surface area contributed by atoms with Gasteiger partial charge in [-0.2, -0.15) is 0 Å². The Morgan fingerprint density at radius 2 is 2.50 bits per heavy atom. The van der Waals surface area contributed by atoms with E-state index in [2.05, 4.69) is 0 Å². The van der Waals surface area contributed by atoms with Crippen LogP contribution in [0, 0.1) is 0 Å². The van der Waals surface area contributed by atoms with Crippen LogP contribution in [0.2, 0.25) is 0 Å². The number of hydrogen-bond donors (Lipinski definition) is 1. The van der Waals surface area contributed by atoms with Gasteiger partial charge in [-0.05, 0) is 13.3 Å². The van der Waals surface area contributed by atoms with Crippen molar-refractivity contribution in [2.24, 2.45) is 0 Å². The highest BCUT2D eigenvalue weighted by Crippen LogP contribution is 2.13. The Kier molecular flexibility index (Phi) is 2.92. The summed E-state index contributed by atoms with van der Waals surface area (Å²) in [5.74, 6) is 0. The molecule has 0 aromatic carbocycles. The summed E-state index contributed by atoms with van der Waals surface area (Å²) in [4.78, 5) is 12.7. The van der Waals surface area contributed by atoms with Gasteiger partial charge in [0.25, 0.3) is 0 Å². The fourth-order valence-corrected chi connectivity index (χ4v) is 1.24. The zero-order valence-electron chi connectivity index (χ0n) is 7.49. The van der Waals surface area contributed by atoms with Gasteiger partial charge in [-0.1, -0.05) is 6.92 Å². The molecular weight excluding hydrogens is 158 g/mol. The second-order valence-corrected chi connectivity index (χ2v) is 3.11. The highest BCUT2D eigenvalue weighted by atomic mass is 16.6. The van der Waals surface area contributed by atoms with E-state index < -0.39 is 6.10 Å². The van der Waals surface area contributed by atoms with Crippen molar-refractivity contribution in [1.29, 1.82) is 0 Å². The Bertz CT molecular complexity index is 170. The molecule has 70 valence electrons. The van der Waals surface area contributed by atoms with E-state index >= 15 is 0 Å². The van der Waals surface area contributed by atoms with Crippen molar-refractivity contribution >= 4 is 6.09 Å². The Morgan fingerprint density at radius 1 is 1.83 bits per heavy atom. The van der Waals surface area contributed by atoms with Crippen LogP contribution in [0.15, 0.2) is 0 Å². The minimum atomic E-state index is -0.573. The number of carbonyl (C=O) groups excluding carboxylic acids is 1. The van der Waals surface area contributed by atoms with Gasteiger partial charge in [0.15, 0.2) is 0 Å². The summed E-state index contributed by atoms with van der Waals surface area (Å²) in [7, 11) is 0. The number of hydrogen-bond acceptors (Lipinski definition) is 3. The lowest BCUT2D eigenvalue weighted by molar-refractivity contribution is 0.0437. The maximum Gasteiger partial charge on any atom is 0.410 e. The second-order valence-electron chi connectivity index (χ2n) is 3.11. The average Bonchev–Trinajstić information content (AvgIpc) is 2.34. The van der Waals surface area contributed by atoms with Gasteiger partial charge >= 0.3 is 6.09 Å². The molecule has 0 aliphatic carbocycles. The summed E-state index contributed by atoms with van der Waals surface area (Å²) in [6.45, 7) is 4.86. The predicted molar refractivity (Wildman–Crippen MR) is 43.8 cm³/mol. The van der Waals surface area contributed by atoms with E-state index in [1.807, 2.05) is 6.92 Å². The number of aliphatic hydroxyl groups is 1. The molecule has 0 aromatic rings. The van der Waals surface area contributed by atoms with Gasteiger partial charge in [0.1, 0.15) is 6.10 Å². The van der Waals surface area contributed by atoms with Crippen LogP contribution in [0.5, 0.6) is 0 Å². The first-order chi connectivity index (χ1) is 5.65. The van der Waals surface area contributed by atoms with Crippen molar-refractivity contribution in [2.45, 2.75) is 32.5 Å². The van der Waals surface area contributed by atoms with E-state index in [0.29, 0.717) is 13.1 Å². The van der Waals surface area contributed by atoms with Crippen molar-refractivity contribution in [3.63, 3.8) is 0 Å². The van der Waals surface area contributed by atoms with Crippen LogP contribution < -0.4 is 0 Å². The molecule has 1 rings (SSSR count). The lowest BCUT2D eigenvalue weighted by Gasteiger charge is -2.11. The molecule has 1 aliphatic heterocycles. The molecule has 0 bridgehead atoms. The third-order valence-corrected chi connectivity index (χ3v) is 1.94. The minimum Gasteiger partial charge on any atom is -0.441 e. The maximum atomic E-state index is 11.1. The molecule has 4 nitrogen and oxygen atoms in total. The third kappa shape index (κ3) is 1.88. The van der Waals surface area contributed by atoms with Gasteiger partial charge in [-0.25, -0.2) is 4.79 Å². The van der Waals surface area contributed by atoms with Crippen molar-refractivity contribution in [2.75, 3.05) is 13.1 Å². The molecule has 12 heavy (non-hydrogen) atoms. The Labute approximate surface area is 72.1 Å². The molecule has 0 saturated carbocycles. The number of ether oxygens (including phenoxy) is 1. The zero-order valence-corrected chi connectivity index (χ0v) is 7.49. The highest BCUT2D eigenvalue weighted by Gasteiger charge is 2.33. The van der Waals surface area contributed by atoms with E-state index in [1.165, 1.54) is 0 Å². The first kappa shape index (κ1) is 9.32. The molecule has 2 atom stereocenters. The van der Waals surface area contributed by atoms with Gasteiger partial charge in [0, 0.05) is 6.54 Å². The number of aliphatic hydroxyl groups excluding tert-OH is 1. The van der Waals surface area contributed by atoms with Crippen LogP contribution in [0.1, 0.15) is 20.3 Å². The molecule has 0 aromatic heterocycles. The topological polar surface area (TPSA) is 49.8 Å². The average molecular weight is 173 g/mol. The lowest BCUT2D eigenvalue weighted by Crippen LogP contribution is -2.29. The smallest absolute Gasteiger partial charge is 0.410 e. The molecule has 1 saturated heterocycles. The number of nitrogens with zero attached hydrogens (tertiary/aromatic N) is 1. The van der Waals surface area contributed by atoms with Crippen LogP contribution in [0.3, 0.4) is 0 Å². The summed E-state index contributed by atoms with van der Waals surface area (Å²) in [6.07, 6.45) is -0.302. The monoisotopic (exact) mass is 173 g/mol. The molecule has 1 N–H and O–H groups in total. The molecule has 1 amide bonds. The van der Waals surface area contributed by atoms with E-state index in [0.717, 1.165) is 6.42 Å². The fourth-order valence-electron chi connectivity index (χ4n) is 1.24. The molecule has 1 aliphatic rings. The van der Waals surface area contributed by atoms with Crippen LogP contribution in [-0.2, 0) is 4.74 Å². The number of carbonyl (C=O) groups is 1. The summed E-state index contributed by atoms with van der Waals surface area (Å²) in [6, 6.07) is 0. The van der Waals surface area contributed by atoms with Crippen LogP contribution in [0.4, 0.5) is 4.79 Å². The first-order valence-electron chi connectivity index (χ1n) is 4.28. The normalized spacial score (nSPS) is 25.8. The quantitative estimate of drug-likeness (QED) is 0.679. The number of cyclic esters (lactones) is 1. The fraction of sp³-hybridized carbons (Fsp3) is 0.875. The second kappa shape index (κ2) is 3.76. The largest absolute Gasteiger partial charge is 0.441 e. The summed E-state index contributed by atoms with van der Waals surface area (Å²) in [5.41, 5.74) is 0. The van der Waals surface area contributed by atoms with Crippen molar-refractivity contribution in [3.8, 4) is 0 Å². The van der Waals surface area contributed by atoms with Crippen molar-refractivity contribution in [3.05, 3.63) is 0 Å². The Balaban J connectivity index is 2.44. The zero-order chi connectivity index (χ0) is 9.14. The summed E-state index contributed by atoms with van der Waals surface area (Å²) < 4.78 is 4.92. The molecule has 0 radical (unpaired) electrons. The SMILES string of the molecule is CCCN1CC(C(C)O)OC1=O. The van der Waals surface area contributed by atoms with Gasteiger partial charge < -0.3 is 14.7 Å². The van der Waals surface area contributed by atoms with Gasteiger partial charge in [0.2, 0.25) is 0 Å². The number of amides is 1. The first-order valence-corrected chi connectivity index (χ1v) is 4.28. The summed E-state index contributed by atoms with van der Waals surface area (Å²) in [5, 5.41) is 9.15. The molecule has 2 unspecified atom stereocenters. The molecular formula is C8H15NO3. The van der Waals surface area contributed by atoms with Crippen molar-refractivity contribution < 1.29 is 14.6 Å². The molecule has 4 heteroatoms. The minimum absolute atomic E-state index is 0.303. The van der Waals surface area contributed by atoms with E-state index in [-0.39, 0.29) is 12.2 Å².